The van der Waals surface area contributed by atoms with Gasteiger partial charge >= 0.3 is 0 Å². The van der Waals surface area contributed by atoms with Crippen molar-refractivity contribution >= 4 is 9.84 Å². The average Bonchev–Trinajstić information content (AvgIpc) is 2.74. The summed E-state index contributed by atoms with van der Waals surface area (Å²) < 4.78 is 29.1. The van der Waals surface area contributed by atoms with Crippen molar-refractivity contribution in [1.29, 1.82) is 0 Å². The van der Waals surface area contributed by atoms with Gasteiger partial charge in [0.15, 0.2) is 9.84 Å². The minimum Gasteiger partial charge on any atom is -0.424 e. The van der Waals surface area contributed by atoms with Gasteiger partial charge in [0, 0.05) is 6.42 Å². The first kappa shape index (κ1) is 12.5. The molecule has 0 amide bonds. The topological polar surface area (TPSA) is 99.1 Å². The highest BCUT2D eigenvalue weighted by Gasteiger charge is 2.34. The van der Waals surface area contributed by atoms with Crippen LogP contribution in [0.3, 0.4) is 0 Å². The molecule has 1 unspecified atom stereocenters. The number of aryl methyl sites for hydroxylation is 1. The Kier molecular flexibility index (Phi) is 3.78. The SMILES string of the molecule is NCCCc1nnc(C2CCCCS2(=O)=O)o1. The highest BCUT2D eigenvalue weighted by atomic mass is 32.2. The zero-order valence-corrected chi connectivity index (χ0v) is 10.4. The zero-order valence-electron chi connectivity index (χ0n) is 9.63. The van der Waals surface area contributed by atoms with Crippen LogP contribution in [0, 0.1) is 0 Å². The Balaban J connectivity index is 2.13. The van der Waals surface area contributed by atoms with Gasteiger partial charge in [-0.15, -0.1) is 10.2 Å². The van der Waals surface area contributed by atoms with Crippen molar-refractivity contribution in [3.05, 3.63) is 11.8 Å². The van der Waals surface area contributed by atoms with Crippen LogP contribution in [0.25, 0.3) is 0 Å². The molecule has 0 saturated carbocycles. The number of nitrogens with zero attached hydrogens (tertiary/aromatic N) is 2. The predicted octanol–water partition coefficient (Wildman–Crippen LogP) is 0.601. The standard InChI is InChI=1S/C10H17N3O3S/c11-6-3-5-9-12-13-10(16-9)8-4-1-2-7-17(8,14)15/h8H,1-7,11H2. The highest BCUT2D eigenvalue weighted by molar-refractivity contribution is 7.91. The third-order valence-corrected chi connectivity index (χ3v) is 5.09. The normalized spacial score (nSPS) is 23.7. The summed E-state index contributed by atoms with van der Waals surface area (Å²) in [7, 11) is -3.10. The van der Waals surface area contributed by atoms with Crippen molar-refractivity contribution in [3.63, 3.8) is 0 Å². The summed E-state index contributed by atoms with van der Waals surface area (Å²) in [6.07, 6.45) is 3.58. The number of rotatable bonds is 4. The van der Waals surface area contributed by atoms with Gasteiger partial charge in [0.2, 0.25) is 11.8 Å². The Morgan fingerprint density at radius 2 is 2.18 bits per heavy atom. The first-order chi connectivity index (χ1) is 8.13. The summed E-state index contributed by atoms with van der Waals surface area (Å²) in [6.45, 7) is 0.555. The van der Waals surface area contributed by atoms with Crippen molar-refractivity contribution in [2.75, 3.05) is 12.3 Å². The molecule has 0 spiro atoms. The molecule has 17 heavy (non-hydrogen) atoms. The second kappa shape index (κ2) is 5.14. The van der Waals surface area contributed by atoms with Crippen molar-refractivity contribution in [1.82, 2.24) is 10.2 Å². The molecule has 0 radical (unpaired) electrons. The Hall–Kier alpha value is -0.950. The van der Waals surface area contributed by atoms with Crippen molar-refractivity contribution in [2.24, 2.45) is 5.73 Å². The van der Waals surface area contributed by atoms with Gasteiger partial charge in [-0.05, 0) is 25.8 Å². The molecule has 1 aromatic heterocycles. The van der Waals surface area contributed by atoms with Crippen molar-refractivity contribution in [2.45, 2.75) is 37.4 Å². The third kappa shape index (κ3) is 2.84. The fourth-order valence-electron chi connectivity index (χ4n) is 1.98. The summed E-state index contributed by atoms with van der Waals surface area (Å²) in [5, 5.41) is 7.11. The van der Waals surface area contributed by atoms with E-state index in [4.69, 9.17) is 10.2 Å². The van der Waals surface area contributed by atoms with E-state index in [-0.39, 0.29) is 11.6 Å². The number of nitrogens with two attached hydrogens (primary N) is 1. The number of hydrogen-bond donors (Lipinski definition) is 1. The summed E-state index contributed by atoms with van der Waals surface area (Å²) in [5.74, 6) is 0.945. The van der Waals surface area contributed by atoms with Crippen LogP contribution in [-0.4, -0.2) is 30.9 Å². The lowest BCUT2D eigenvalue weighted by Crippen LogP contribution is -2.21. The van der Waals surface area contributed by atoms with E-state index in [1.165, 1.54) is 0 Å². The molecule has 2 N–H and O–H groups in total. The van der Waals surface area contributed by atoms with E-state index in [0.29, 0.717) is 25.3 Å². The summed E-state index contributed by atoms with van der Waals surface area (Å²) in [5.41, 5.74) is 5.38. The molecular weight excluding hydrogens is 242 g/mol. The number of sulfone groups is 1. The quantitative estimate of drug-likeness (QED) is 0.850. The van der Waals surface area contributed by atoms with E-state index in [1.807, 2.05) is 0 Å². The second-order valence-corrected chi connectivity index (χ2v) is 6.58. The molecule has 1 aromatic rings. The maximum absolute atomic E-state index is 11.9. The van der Waals surface area contributed by atoms with Crippen LogP contribution in [0.4, 0.5) is 0 Å². The first-order valence-electron chi connectivity index (χ1n) is 5.87. The Morgan fingerprint density at radius 1 is 1.35 bits per heavy atom. The molecule has 1 fully saturated rings. The van der Waals surface area contributed by atoms with Crippen LogP contribution in [-0.2, 0) is 16.3 Å². The van der Waals surface area contributed by atoms with E-state index in [9.17, 15) is 8.42 Å². The van der Waals surface area contributed by atoms with Gasteiger partial charge in [0.25, 0.3) is 0 Å². The molecule has 0 bridgehead atoms. The maximum atomic E-state index is 11.9. The van der Waals surface area contributed by atoms with Crippen LogP contribution in [0.2, 0.25) is 0 Å². The van der Waals surface area contributed by atoms with Crippen molar-refractivity contribution < 1.29 is 12.8 Å². The molecule has 7 heteroatoms. The van der Waals surface area contributed by atoms with Crippen LogP contribution < -0.4 is 5.73 Å². The van der Waals surface area contributed by atoms with Crippen molar-refractivity contribution in [3.8, 4) is 0 Å². The maximum Gasteiger partial charge on any atom is 0.234 e. The molecular formula is C10H17N3O3S. The molecule has 1 aliphatic heterocycles. The monoisotopic (exact) mass is 259 g/mol. The lowest BCUT2D eigenvalue weighted by atomic mass is 10.2. The third-order valence-electron chi connectivity index (χ3n) is 2.93. The van der Waals surface area contributed by atoms with Crippen LogP contribution in [0.1, 0.15) is 42.7 Å². The van der Waals surface area contributed by atoms with E-state index < -0.39 is 15.1 Å². The van der Waals surface area contributed by atoms with Gasteiger partial charge in [-0.2, -0.15) is 0 Å². The highest BCUT2D eigenvalue weighted by Crippen LogP contribution is 2.32. The van der Waals surface area contributed by atoms with Crippen LogP contribution >= 0.6 is 0 Å². The summed E-state index contributed by atoms with van der Waals surface area (Å²) in [4.78, 5) is 0. The smallest absolute Gasteiger partial charge is 0.234 e. The lowest BCUT2D eigenvalue weighted by Gasteiger charge is -2.18. The number of aromatic nitrogens is 2. The second-order valence-electron chi connectivity index (χ2n) is 4.28. The Labute approximate surface area is 101 Å². The largest absolute Gasteiger partial charge is 0.424 e. The molecule has 1 saturated heterocycles. The molecule has 1 atom stereocenters. The summed E-state index contributed by atoms with van der Waals surface area (Å²) >= 11 is 0. The predicted molar refractivity (Wildman–Crippen MR) is 62.1 cm³/mol. The van der Waals surface area contributed by atoms with E-state index >= 15 is 0 Å². The van der Waals surface area contributed by atoms with E-state index in [0.717, 1.165) is 19.3 Å². The van der Waals surface area contributed by atoms with E-state index in [2.05, 4.69) is 10.2 Å². The van der Waals surface area contributed by atoms with Crippen LogP contribution in [0.15, 0.2) is 4.42 Å². The van der Waals surface area contributed by atoms with Gasteiger partial charge in [-0.25, -0.2) is 8.42 Å². The van der Waals surface area contributed by atoms with Gasteiger partial charge in [0.05, 0.1) is 5.75 Å². The Bertz CT molecular complexity index is 469. The van der Waals surface area contributed by atoms with Gasteiger partial charge < -0.3 is 10.2 Å². The fraction of sp³-hybridized carbons (Fsp3) is 0.800. The van der Waals surface area contributed by atoms with Gasteiger partial charge in [0.1, 0.15) is 5.25 Å². The molecule has 96 valence electrons. The van der Waals surface area contributed by atoms with Gasteiger partial charge in [-0.1, -0.05) is 6.42 Å². The molecule has 1 aliphatic rings. The summed E-state index contributed by atoms with van der Waals surface area (Å²) in [6, 6.07) is 0. The molecule has 2 heterocycles. The minimum atomic E-state index is -3.10. The Morgan fingerprint density at radius 3 is 2.88 bits per heavy atom. The van der Waals surface area contributed by atoms with Gasteiger partial charge in [-0.3, -0.25) is 0 Å². The number of hydrogen-bond acceptors (Lipinski definition) is 6. The lowest BCUT2D eigenvalue weighted by molar-refractivity contribution is 0.420. The molecule has 0 aliphatic carbocycles. The van der Waals surface area contributed by atoms with Crippen LogP contribution in [0.5, 0.6) is 0 Å². The fourth-order valence-corrected chi connectivity index (χ4v) is 3.80. The molecule has 2 rings (SSSR count). The average molecular weight is 259 g/mol. The minimum absolute atomic E-state index is 0.220. The zero-order chi connectivity index (χ0) is 12.3. The van der Waals surface area contributed by atoms with E-state index in [1.54, 1.807) is 0 Å². The first-order valence-corrected chi connectivity index (χ1v) is 7.59. The molecule has 0 aromatic carbocycles. The molecule has 6 nitrogen and oxygen atoms in total.